The first-order valence-corrected chi connectivity index (χ1v) is 19.8. The van der Waals surface area contributed by atoms with Crippen LogP contribution >= 0.6 is 0 Å². The van der Waals surface area contributed by atoms with Crippen molar-refractivity contribution in [2.75, 3.05) is 0 Å². The van der Waals surface area contributed by atoms with Crippen molar-refractivity contribution in [2.45, 2.75) is 103 Å². The van der Waals surface area contributed by atoms with E-state index >= 15 is 0 Å². The monoisotopic (exact) mass is 504 g/mol. The van der Waals surface area contributed by atoms with Gasteiger partial charge >= 0.3 is 216 Å². The van der Waals surface area contributed by atoms with Gasteiger partial charge in [0.2, 0.25) is 0 Å². The predicted molar refractivity (Wildman–Crippen MR) is 149 cm³/mol. The maximum absolute atomic E-state index is 2.63. The SMILES string of the molecule is CCC1=CC[C]([Ti]([CH]2c3cc(C(C)(C)C)ccc3-c3ccc(C(C)(C)C)cc32)=[Si](C)C)=C1CC. The number of rotatable bonds is 4. The standard InChI is InChI=1S/C21H25.C9H13.C2H6Si.Ti/c1-20(2,3)16-7-9-18-14(12-16)11-15-13-17(21(4,5)6)8-10-19(15)18;1-3-8-6-5-7-9(8)4-2;1-3-2;/h7-13H,1-6H3;6H,3-5H2,1-2H3;1-2H3;. The molecule has 34 heavy (non-hydrogen) atoms. The summed E-state index contributed by atoms with van der Waals surface area (Å²) in [6, 6.07) is 14.9. The molecule has 4 rings (SSSR count). The van der Waals surface area contributed by atoms with Crippen LogP contribution < -0.4 is 0 Å². The molecule has 0 aliphatic heterocycles. The Labute approximate surface area is 215 Å². The van der Waals surface area contributed by atoms with Crippen LogP contribution in [0, 0.1) is 0 Å². The molecule has 0 radical (unpaired) electrons. The van der Waals surface area contributed by atoms with Gasteiger partial charge in [-0.3, -0.25) is 0 Å². The molecule has 2 aromatic carbocycles. The minimum atomic E-state index is -1.61. The number of benzene rings is 2. The van der Waals surface area contributed by atoms with Gasteiger partial charge in [0.15, 0.2) is 0 Å². The molecule has 0 atom stereocenters. The van der Waals surface area contributed by atoms with Gasteiger partial charge in [0.05, 0.1) is 0 Å². The average Bonchev–Trinajstić information content (AvgIpc) is 3.31. The molecule has 0 amide bonds. The van der Waals surface area contributed by atoms with E-state index in [1.54, 1.807) is 22.3 Å². The van der Waals surface area contributed by atoms with Crippen LogP contribution in [0.3, 0.4) is 0 Å². The van der Waals surface area contributed by atoms with E-state index < -0.39 is 22.8 Å². The molecule has 0 aromatic heterocycles. The van der Waals surface area contributed by atoms with Crippen LogP contribution in [0.4, 0.5) is 0 Å². The topological polar surface area (TPSA) is 0 Å². The molecule has 0 heterocycles. The molecule has 0 bridgehead atoms. The van der Waals surface area contributed by atoms with E-state index in [1.165, 1.54) is 41.5 Å². The van der Waals surface area contributed by atoms with Crippen molar-refractivity contribution in [3.8, 4) is 11.1 Å². The molecule has 0 saturated carbocycles. The van der Waals surface area contributed by atoms with Crippen LogP contribution in [0.5, 0.6) is 0 Å². The first kappa shape index (κ1) is 25.9. The number of fused-ring (bicyclic) bond motifs is 3. The van der Waals surface area contributed by atoms with Crippen molar-refractivity contribution in [1.82, 2.24) is 0 Å². The Kier molecular flexibility index (Phi) is 7.15. The molecular formula is C32H44SiTi. The summed E-state index contributed by atoms with van der Waals surface area (Å²) in [6.45, 7) is 24.2. The average molecular weight is 505 g/mol. The summed E-state index contributed by atoms with van der Waals surface area (Å²) in [4.78, 5) is 0. The quantitative estimate of drug-likeness (QED) is 0.364. The molecule has 0 fully saturated rings. The van der Waals surface area contributed by atoms with E-state index in [-0.39, 0.29) is 10.8 Å². The van der Waals surface area contributed by atoms with E-state index in [0.717, 1.165) is 0 Å². The number of hydrogen-bond donors (Lipinski definition) is 0. The molecule has 2 aromatic rings. The molecular weight excluding hydrogens is 460 g/mol. The van der Waals surface area contributed by atoms with Gasteiger partial charge < -0.3 is 0 Å². The Hall–Kier alpha value is -1.15. The van der Waals surface area contributed by atoms with E-state index in [0.29, 0.717) is 4.22 Å². The summed E-state index contributed by atoms with van der Waals surface area (Å²) in [7, 11) is 0. The molecule has 0 nitrogen and oxygen atoms in total. The first-order chi connectivity index (χ1) is 15.9. The Bertz CT molecular complexity index is 1160. The normalized spacial score (nSPS) is 16.0. The maximum atomic E-state index is 2.63. The molecule has 2 aliphatic carbocycles. The summed E-state index contributed by atoms with van der Waals surface area (Å²) in [5.41, 5.74) is 13.1. The Morgan fingerprint density at radius 2 is 1.29 bits per heavy atom. The van der Waals surface area contributed by atoms with Crippen molar-refractivity contribution in [2.24, 2.45) is 0 Å². The van der Waals surface area contributed by atoms with E-state index in [4.69, 9.17) is 0 Å². The molecule has 180 valence electrons. The van der Waals surface area contributed by atoms with Crippen LogP contribution in [-0.4, -0.2) is 6.19 Å². The van der Waals surface area contributed by atoms with Crippen LogP contribution in [0.2, 0.25) is 13.1 Å². The predicted octanol–water partition coefficient (Wildman–Crippen LogP) is 9.62. The molecule has 0 unspecified atom stereocenters. The van der Waals surface area contributed by atoms with E-state index in [9.17, 15) is 0 Å². The zero-order chi connectivity index (χ0) is 25.0. The Morgan fingerprint density at radius 1 is 0.794 bits per heavy atom. The van der Waals surface area contributed by atoms with Crippen LogP contribution in [0.25, 0.3) is 11.1 Å². The Morgan fingerprint density at radius 3 is 1.68 bits per heavy atom. The molecule has 0 N–H and O–H groups in total. The van der Waals surface area contributed by atoms with Gasteiger partial charge in [-0.15, -0.1) is 0 Å². The Balaban J connectivity index is 2.02. The third-order valence-electron chi connectivity index (χ3n) is 7.94. The molecule has 2 aliphatic rings. The number of hydrogen-bond acceptors (Lipinski definition) is 0. The minimum absolute atomic E-state index is 0.176. The summed E-state index contributed by atoms with van der Waals surface area (Å²) >= 11 is -1.61. The van der Waals surface area contributed by atoms with Gasteiger partial charge in [-0.25, -0.2) is 0 Å². The van der Waals surface area contributed by atoms with Crippen LogP contribution in [0.1, 0.15) is 101 Å². The van der Waals surface area contributed by atoms with E-state index in [2.05, 4.69) is 111 Å². The van der Waals surface area contributed by atoms with Crippen molar-refractivity contribution in [1.29, 1.82) is 0 Å². The fourth-order valence-electron chi connectivity index (χ4n) is 6.01. The second kappa shape index (κ2) is 9.38. The third-order valence-corrected chi connectivity index (χ3v) is 20.2. The molecule has 0 saturated heterocycles. The summed E-state index contributed by atoms with van der Waals surface area (Å²) in [5.74, 6) is 0. The summed E-state index contributed by atoms with van der Waals surface area (Å²) in [5, 5.41) is 0. The second-order valence-corrected chi connectivity index (χ2v) is 24.6. The summed E-state index contributed by atoms with van der Waals surface area (Å²) in [6.07, 6.45) is 5.79. The summed E-state index contributed by atoms with van der Waals surface area (Å²) < 4.78 is 2.56. The van der Waals surface area contributed by atoms with Crippen molar-refractivity contribution < 1.29 is 16.6 Å². The van der Waals surface area contributed by atoms with Gasteiger partial charge in [0, 0.05) is 0 Å². The number of allylic oxidation sites excluding steroid dienone is 4. The zero-order valence-corrected chi connectivity index (χ0v) is 25.8. The van der Waals surface area contributed by atoms with Gasteiger partial charge in [0.25, 0.3) is 0 Å². The van der Waals surface area contributed by atoms with Crippen LogP contribution in [0.15, 0.2) is 57.5 Å². The molecule has 2 heteroatoms. The van der Waals surface area contributed by atoms with Crippen molar-refractivity contribution >= 4 is 6.19 Å². The van der Waals surface area contributed by atoms with Gasteiger partial charge in [-0.1, -0.05) is 0 Å². The van der Waals surface area contributed by atoms with Gasteiger partial charge in [0.1, 0.15) is 0 Å². The third kappa shape index (κ3) is 4.54. The van der Waals surface area contributed by atoms with Crippen molar-refractivity contribution in [3.63, 3.8) is 0 Å². The molecule has 0 spiro atoms. The van der Waals surface area contributed by atoms with Gasteiger partial charge in [-0.05, 0) is 0 Å². The van der Waals surface area contributed by atoms with Crippen molar-refractivity contribution in [3.05, 3.63) is 79.8 Å². The second-order valence-electron chi connectivity index (χ2n) is 12.5. The fourth-order valence-corrected chi connectivity index (χ4v) is 18.8. The first-order valence-electron chi connectivity index (χ1n) is 13.3. The van der Waals surface area contributed by atoms with Crippen LogP contribution in [-0.2, 0) is 27.4 Å². The zero-order valence-electron chi connectivity index (χ0n) is 23.2. The van der Waals surface area contributed by atoms with Gasteiger partial charge in [-0.2, -0.15) is 0 Å². The van der Waals surface area contributed by atoms with E-state index in [1.807, 2.05) is 3.88 Å². The fraction of sp³-hybridized carbons (Fsp3) is 0.500.